The Hall–Kier alpha value is -1.93. The van der Waals surface area contributed by atoms with Gasteiger partial charge in [-0.15, -0.1) is 0 Å². The molecular formula is C27H41N3O5. The van der Waals surface area contributed by atoms with Crippen LogP contribution < -0.4 is 10.6 Å². The van der Waals surface area contributed by atoms with Gasteiger partial charge in [0, 0.05) is 25.7 Å². The van der Waals surface area contributed by atoms with Crippen LogP contribution in [0.2, 0.25) is 0 Å². The monoisotopic (exact) mass is 487 g/mol. The second kappa shape index (κ2) is 9.51. The molecule has 3 aliphatic heterocycles. The van der Waals surface area contributed by atoms with Crippen molar-refractivity contribution >= 4 is 17.7 Å². The van der Waals surface area contributed by atoms with Crippen LogP contribution >= 0.6 is 0 Å². The maximum atomic E-state index is 13.9. The lowest BCUT2D eigenvalue weighted by Gasteiger charge is -2.35. The molecule has 0 aromatic heterocycles. The van der Waals surface area contributed by atoms with Gasteiger partial charge >= 0.3 is 0 Å². The molecule has 0 unspecified atom stereocenters. The Morgan fingerprint density at radius 1 is 1.06 bits per heavy atom. The highest BCUT2D eigenvalue weighted by Gasteiger charge is 2.76. The van der Waals surface area contributed by atoms with Crippen LogP contribution in [0.15, 0.2) is 12.2 Å². The van der Waals surface area contributed by atoms with Gasteiger partial charge in [0.2, 0.25) is 17.7 Å². The summed E-state index contributed by atoms with van der Waals surface area (Å²) in [6.45, 7) is 4.68. The standard InChI is InChI=1S/C27H41N3O5/c1-17-9-7-8-12-19(17)29-23(31)20-21-25(33)30(15-16-34-3)22(27(21)14-13-26(20,2)35-27)24(32)28-18-10-5-4-6-11-18/h13-14,17-22H,4-12,15-16H2,1-3H3,(H,28,32)(H,29,31)/t17-,19-,20-,21+,22-,26-,27+/m1/s1. The molecule has 4 fully saturated rings. The number of rotatable bonds is 7. The summed E-state index contributed by atoms with van der Waals surface area (Å²) in [6, 6.07) is -0.567. The van der Waals surface area contributed by atoms with Crippen molar-refractivity contribution in [2.75, 3.05) is 20.3 Å². The Kier molecular flexibility index (Phi) is 6.72. The molecule has 0 aromatic carbocycles. The molecule has 0 aromatic rings. The molecule has 5 aliphatic rings. The fraction of sp³-hybridized carbons (Fsp3) is 0.815. The average molecular weight is 488 g/mol. The predicted octanol–water partition coefficient (Wildman–Crippen LogP) is 2.32. The van der Waals surface area contributed by atoms with E-state index in [-0.39, 0.29) is 36.3 Å². The highest BCUT2D eigenvalue weighted by Crippen LogP contribution is 2.59. The number of carbonyl (C=O) groups excluding carboxylic acids is 3. The summed E-state index contributed by atoms with van der Waals surface area (Å²) in [4.78, 5) is 43.0. The summed E-state index contributed by atoms with van der Waals surface area (Å²) >= 11 is 0. The van der Waals surface area contributed by atoms with Crippen LogP contribution in [0, 0.1) is 17.8 Å². The Morgan fingerprint density at radius 2 is 1.77 bits per heavy atom. The molecule has 2 aliphatic carbocycles. The van der Waals surface area contributed by atoms with Gasteiger partial charge in [-0.1, -0.05) is 51.2 Å². The van der Waals surface area contributed by atoms with Gasteiger partial charge in [0.1, 0.15) is 11.6 Å². The first-order valence-electron chi connectivity index (χ1n) is 13.6. The summed E-state index contributed by atoms with van der Waals surface area (Å²) in [5.41, 5.74) is -2.03. The van der Waals surface area contributed by atoms with Gasteiger partial charge in [-0.05, 0) is 38.5 Å². The smallest absolute Gasteiger partial charge is 0.246 e. The van der Waals surface area contributed by atoms with Crippen LogP contribution in [0.4, 0.5) is 0 Å². The van der Waals surface area contributed by atoms with Gasteiger partial charge < -0.3 is 25.0 Å². The molecule has 2 saturated heterocycles. The van der Waals surface area contributed by atoms with E-state index in [0.29, 0.717) is 12.5 Å². The molecule has 2 saturated carbocycles. The lowest BCUT2D eigenvalue weighted by molar-refractivity contribution is -0.146. The van der Waals surface area contributed by atoms with Crippen LogP contribution in [0.5, 0.6) is 0 Å². The minimum absolute atomic E-state index is 0.116. The number of amides is 3. The summed E-state index contributed by atoms with van der Waals surface area (Å²) in [5.74, 6) is -1.45. The molecule has 7 atom stereocenters. The molecule has 1 spiro atoms. The predicted molar refractivity (Wildman–Crippen MR) is 130 cm³/mol. The van der Waals surface area contributed by atoms with Gasteiger partial charge in [0.05, 0.1) is 24.0 Å². The molecular weight excluding hydrogens is 446 g/mol. The summed E-state index contributed by atoms with van der Waals surface area (Å²) in [7, 11) is 1.58. The highest BCUT2D eigenvalue weighted by molar-refractivity contribution is 6.00. The van der Waals surface area contributed by atoms with Crippen LogP contribution in [0.25, 0.3) is 0 Å². The molecule has 35 heavy (non-hydrogen) atoms. The topological polar surface area (TPSA) is 97.0 Å². The van der Waals surface area contributed by atoms with Gasteiger partial charge in [0.15, 0.2) is 0 Å². The number of hydrogen-bond donors (Lipinski definition) is 2. The van der Waals surface area contributed by atoms with Gasteiger partial charge in [0.25, 0.3) is 0 Å². The zero-order valence-electron chi connectivity index (χ0n) is 21.4. The number of ether oxygens (including phenoxy) is 2. The second-order valence-electron chi connectivity index (χ2n) is 11.6. The van der Waals surface area contributed by atoms with Crippen molar-refractivity contribution in [3.8, 4) is 0 Å². The Bertz CT molecular complexity index is 886. The number of carbonyl (C=O) groups is 3. The number of fused-ring (bicyclic) bond motifs is 1. The van der Waals surface area contributed by atoms with E-state index >= 15 is 0 Å². The molecule has 2 N–H and O–H groups in total. The summed E-state index contributed by atoms with van der Waals surface area (Å²) < 4.78 is 11.9. The van der Waals surface area contributed by atoms with Crippen molar-refractivity contribution in [2.45, 2.75) is 101 Å². The number of methoxy groups -OCH3 is 1. The first kappa shape index (κ1) is 24.8. The minimum Gasteiger partial charge on any atom is -0.383 e. The quantitative estimate of drug-likeness (QED) is 0.537. The van der Waals surface area contributed by atoms with Crippen LogP contribution in [0.3, 0.4) is 0 Å². The van der Waals surface area contributed by atoms with Crippen LogP contribution in [0.1, 0.15) is 71.6 Å². The van der Waals surface area contributed by atoms with E-state index in [1.165, 1.54) is 12.8 Å². The zero-order chi connectivity index (χ0) is 24.8. The fourth-order valence-corrected chi connectivity index (χ4v) is 7.39. The molecule has 5 rings (SSSR count). The summed E-state index contributed by atoms with van der Waals surface area (Å²) in [6.07, 6.45) is 13.5. The lowest BCUT2D eigenvalue weighted by Crippen LogP contribution is -2.57. The van der Waals surface area contributed by atoms with Crippen molar-refractivity contribution in [2.24, 2.45) is 17.8 Å². The van der Waals surface area contributed by atoms with E-state index in [4.69, 9.17) is 9.47 Å². The largest absolute Gasteiger partial charge is 0.383 e. The van der Waals surface area contributed by atoms with Crippen molar-refractivity contribution in [1.82, 2.24) is 15.5 Å². The maximum absolute atomic E-state index is 13.9. The number of nitrogens with one attached hydrogen (secondary N) is 2. The minimum atomic E-state index is -1.13. The SMILES string of the molecule is COCCN1C(=O)[C@@H]2[C@H](C(=O)N[C@@H]3CCCC[C@H]3C)[C@@]3(C)C=C[C@@]2(O3)[C@H]1C(=O)NC1CCCCC1. The van der Waals surface area contributed by atoms with E-state index in [2.05, 4.69) is 17.6 Å². The molecule has 3 amide bonds. The van der Waals surface area contributed by atoms with Crippen molar-refractivity contribution in [3.63, 3.8) is 0 Å². The molecule has 8 nitrogen and oxygen atoms in total. The molecule has 0 radical (unpaired) electrons. The van der Waals surface area contributed by atoms with E-state index in [9.17, 15) is 14.4 Å². The van der Waals surface area contributed by atoms with Crippen molar-refractivity contribution in [1.29, 1.82) is 0 Å². The Morgan fingerprint density at radius 3 is 2.49 bits per heavy atom. The Balaban J connectivity index is 1.43. The third kappa shape index (κ3) is 4.10. The molecule has 194 valence electrons. The van der Waals surface area contributed by atoms with Gasteiger partial charge in [-0.3, -0.25) is 14.4 Å². The Labute approximate surface area is 208 Å². The summed E-state index contributed by atoms with van der Waals surface area (Å²) in [5, 5.41) is 6.49. The number of nitrogens with zero attached hydrogens (tertiary/aromatic N) is 1. The van der Waals surface area contributed by atoms with Crippen molar-refractivity contribution in [3.05, 3.63) is 12.2 Å². The first-order valence-corrected chi connectivity index (χ1v) is 13.6. The zero-order valence-corrected chi connectivity index (χ0v) is 21.4. The lowest BCUT2D eigenvalue weighted by atomic mass is 9.70. The van der Waals surface area contributed by atoms with E-state index in [1.54, 1.807) is 12.0 Å². The van der Waals surface area contributed by atoms with Crippen LogP contribution in [-0.2, 0) is 23.9 Å². The van der Waals surface area contributed by atoms with Gasteiger partial charge in [-0.25, -0.2) is 0 Å². The molecule has 8 heteroatoms. The number of likely N-dealkylation sites (tertiary alicyclic amines) is 1. The van der Waals surface area contributed by atoms with E-state index < -0.39 is 29.1 Å². The highest BCUT2D eigenvalue weighted by atomic mass is 16.5. The van der Waals surface area contributed by atoms with E-state index in [0.717, 1.165) is 44.9 Å². The second-order valence-corrected chi connectivity index (χ2v) is 11.6. The van der Waals surface area contributed by atoms with Crippen molar-refractivity contribution < 1.29 is 23.9 Å². The third-order valence-corrected chi connectivity index (χ3v) is 9.25. The molecule has 3 heterocycles. The third-order valence-electron chi connectivity index (χ3n) is 9.25. The fourth-order valence-electron chi connectivity index (χ4n) is 7.39. The first-order chi connectivity index (χ1) is 16.8. The van der Waals surface area contributed by atoms with Gasteiger partial charge in [-0.2, -0.15) is 0 Å². The normalized spacial score (nSPS) is 40.7. The van der Waals surface area contributed by atoms with Crippen LogP contribution in [-0.4, -0.2) is 72.2 Å². The average Bonchev–Trinajstić information content (AvgIpc) is 3.40. The molecule has 2 bridgehead atoms. The number of hydrogen-bond acceptors (Lipinski definition) is 5. The maximum Gasteiger partial charge on any atom is 0.246 e. The van der Waals surface area contributed by atoms with E-state index in [1.807, 2.05) is 19.1 Å².